The van der Waals surface area contributed by atoms with E-state index in [-0.39, 0.29) is 5.91 Å². The molecule has 1 N–H and O–H groups in total. The summed E-state index contributed by atoms with van der Waals surface area (Å²) in [5.41, 5.74) is 0.802. The van der Waals surface area contributed by atoms with E-state index in [1.54, 1.807) is 0 Å². The van der Waals surface area contributed by atoms with Gasteiger partial charge in [0.15, 0.2) is 0 Å². The molecule has 0 bridgehead atoms. The third-order valence-electron chi connectivity index (χ3n) is 2.02. The highest BCUT2D eigenvalue weighted by Gasteiger charge is 2.08. The van der Waals surface area contributed by atoms with Crippen LogP contribution < -0.4 is 5.32 Å². The van der Waals surface area contributed by atoms with Gasteiger partial charge in [0.25, 0.3) is 0 Å². The van der Waals surface area contributed by atoms with Gasteiger partial charge in [-0.1, -0.05) is 28.6 Å². The molecule has 0 aliphatic carbocycles. The van der Waals surface area contributed by atoms with Gasteiger partial charge < -0.3 is 0 Å². The fraction of sp³-hybridized carbons (Fsp3) is 0. The van der Waals surface area contributed by atoms with Crippen LogP contribution in [0.5, 0.6) is 0 Å². The van der Waals surface area contributed by atoms with Gasteiger partial charge in [0.2, 0.25) is 11.9 Å². The van der Waals surface area contributed by atoms with E-state index in [1.165, 1.54) is 17.1 Å². The van der Waals surface area contributed by atoms with Gasteiger partial charge in [0.1, 0.15) is 6.33 Å². The summed E-state index contributed by atoms with van der Waals surface area (Å²) < 4.78 is 2.46. The number of hydrogen-bond acceptors (Lipinski definition) is 3. The molecule has 1 aromatic heterocycles. The molecule has 0 radical (unpaired) electrons. The zero-order chi connectivity index (χ0) is 12.3. The van der Waals surface area contributed by atoms with Gasteiger partial charge >= 0.3 is 0 Å². The van der Waals surface area contributed by atoms with Crippen molar-refractivity contribution in [3.8, 4) is 5.69 Å². The summed E-state index contributed by atoms with van der Waals surface area (Å²) in [5.74, 6) is 0.0299. The lowest BCUT2D eigenvalue weighted by molar-refractivity contribution is -0.111. The second-order valence-electron chi connectivity index (χ2n) is 3.17. The molecule has 0 aliphatic rings. The van der Waals surface area contributed by atoms with Crippen molar-refractivity contribution in [3.05, 3.63) is 47.7 Å². The summed E-state index contributed by atoms with van der Waals surface area (Å²) in [6.45, 7) is 3.38. The number of halogens is 1. The molecule has 0 unspecified atom stereocenters. The maximum Gasteiger partial charge on any atom is 0.250 e. The Labute approximate surface area is 106 Å². The number of hydrogen-bond donors (Lipinski definition) is 1. The third-order valence-corrected chi connectivity index (χ3v) is 2.51. The molecule has 1 heterocycles. The first-order chi connectivity index (χ1) is 8.20. The molecule has 0 atom stereocenters. The predicted octanol–water partition coefficient (Wildman–Crippen LogP) is 2.15. The Bertz CT molecular complexity index is 564. The molecule has 0 fully saturated rings. The number of rotatable bonds is 3. The number of aromatic nitrogens is 3. The van der Waals surface area contributed by atoms with Crippen molar-refractivity contribution in [2.24, 2.45) is 0 Å². The lowest BCUT2D eigenvalue weighted by Gasteiger charge is -2.05. The van der Waals surface area contributed by atoms with Crippen LogP contribution in [0.2, 0.25) is 0 Å². The van der Waals surface area contributed by atoms with Gasteiger partial charge in [0, 0.05) is 4.47 Å². The highest BCUT2D eigenvalue weighted by atomic mass is 79.9. The first-order valence-corrected chi connectivity index (χ1v) is 5.59. The molecule has 0 spiro atoms. The van der Waals surface area contributed by atoms with E-state index in [0.29, 0.717) is 5.95 Å². The Morgan fingerprint density at radius 1 is 1.53 bits per heavy atom. The van der Waals surface area contributed by atoms with Gasteiger partial charge in [-0.15, -0.1) is 0 Å². The first kappa shape index (κ1) is 11.5. The quantitative estimate of drug-likeness (QED) is 0.882. The van der Waals surface area contributed by atoms with Crippen molar-refractivity contribution in [1.29, 1.82) is 0 Å². The van der Waals surface area contributed by atoms with E-state index in [9.17, 15) is 4.79 Å². The molecule has 0 aliphatic heterocycles. The molecule has 1 aromatic carbocycles. The SMILES string of the molecule is C=CC(=O)Nc1ncnn1-c1cccc(Br)c1. The zero-order valence-corrected chi connectivity index (χ0v) is 10.4. The molecular formula is C11H9BrN4O. The number of benzene rings is 1. The fourth-order valence-corrected chi connectivity index (χ4v) is 1.67. The molecule has 5 nitrogen and oxygen atoms in total. The maximum absolute atomic E-state index is 11.2. The molecule has 2 aromatic rings. The Hall–Kier alpha value is -1.95. The summed E-state index contributed by atoms with van der Waals surface area (Å²) in [5, 5.41) is 6.63. The van der Waals surface area contributed by atoms with Crippen molar-refractivity contribution < 1.29 is 4.79 Å². The predicted molar refractivity (Wildman–Crippen MR) is 67.9 cm³/mol. The average Bonchev–Trinajstić information content (AvgIpc) is 2.77. The minimum atomic E-state index is -0.325. The van der Waals surface area contributed by atoms with Gasteiger partial charge in [-0.05, 0) is 24.3 Å². The monoisotopic (exact) mass is 292 g/mol. The van der Waals surface area contributed by atoms with E-state index in [2.05, 4.69) is 37.9 Å². The molecule has 86 valence electrons. The Morgan fingerprint density at radius 3 is 3.06 bits per heavy atom. The van der Waals surface area contributed by atoms with Crippen LogP contribution in [0.3, 0.4) is 0 Å². The van der Waals surface area contributed by atoms with Crippen molar-refractivity contribution in [2.45, 2.75) is 0 Å². The van der Waals surface area contributed by atoms with Crippen molar-refractivity contribution >= 4 is 27.8 Å². The van der Waals surface area contributed by atoms with Crippen LogP contribution in [-0.4, -0.2) is 20.7 Å². The number of nitrogens with one attached hydrogen (secondary N) is 1. The van der Waals surface area contributed by atoms with Crippen LogP contribution in [0.15, 0.2) is 47.7 Å². The highest BCUT2D eigenvalue weighted by molar-refractivity contribution is 9.10. The topological polar surface area (TPSA) is 59.8 Å². The number of nitrogens with zero attached hydrogens (tertiary/aromatic N) is 3. The lowest BCUT2D eigenvalue weighted by atomic mass is 10.3. The smallest absolute Gasteiger partial charge is 0.250 e. The summed E-state index contributed by atoms with van der Waals surface area (Å²) in [7, 11) is 0. The minimum Gasteiger partial charge on any atom is -0.291 e. The average molecular weight is 293 g/mol. The Morgan fingerprint density at radius 2 is 2.35 bits per heavy atom. The highest BCUT2D eigenvalue weighted by Crippen LogP contribution is 2.17. The lowest BCUT2D eigenvalue weighted by Crippen LogP contribution is -2.12. The molecule has 1 amide bonds. The third kappa shape index (κ3) is 2.59. The van der Waals surface area contributed by atoms with E-state index in [1.807, 2.05) is 24.3 Å². The molecule has 2 rings (SSSR count). The summed E-state index contributed by atoms with van der Waals surface area (Å²) in [6.07, 6.45) is 2.56. The normalized spacial score (nSPS) is 9.94. The van der Waals surface area contributed by atoms with E-state index in [0.717, 1.165) is 10.2 Å². The molecule has 17 heavy (non-hydrogen) atoms. The summed E-state index contributed by atoms with van der Waals surface area (Å²) in [4.78, 5) is 15.2. The second kappa shape index (κ2) is 4.92. The standard InChI is InChI=1S/C11H9BrN4O/c1-2-10(17)15-11-13-7-14-16(11)9-5-3-4-8(12)6-9/h2-7H,1H2,(H,13,14,15,17). The zero-order valence-electron chi connectivity index (χ0n) is 8.80. The van der Waals surface area contributed by atoms with E-state index < -0.39 is 0 Å². The van der Waals surface area contributed by atoms with Crippen LogP contribution >= 0.6 is 15.9 Å². The van der Waals surface area contributed by atoms with Gasteiger partial charge in [-0.25, -0.2) is 0 Å². The van der Waals surface area contributed by atoms with Gasteiger partial charge in [-0.2, -0.15) is 14.8 Å². The van der Waals surface area contributed by atoms with Crippen LogP contribution in [0.25, 0.3) is 5.69 Å². The maximum atomic E-state index is 11.2. The second-order valence-corrected chi connectivity index (χ2v) is 4.08. The summed E-state index contributed by atoms with van der Waals surface area (Å²) in [6, 6.07) is 7.52. The van der Waals surface area contributed by atoms with Crippen molar-refractivity contribution in [2.75, 3.05) is 5.32 Å². The molecule has 0 saturated heterocycles. The minimum absolute atomic E-state index is 0.325. The Kier molecular flexibility index (Phi) is 3.34. The summed E-state index contributed by atoms with van der Waals surface area (Å²) >= 11 is 3.37. The number of anilines is 1. The van der Waals surface area contributed by atoms with E-state index >= 15 is 0 Å². The van der Waals surface area contributed by atoms with Crippen molar-refractivity contribution in [1.82, 2.24) is 14.8 Å². The fourth-order valence-electron chi connectivity index (χ4n) is 1.28. The Balaban J connectivity index is 2.36. The van der Waals surface area contributed by atoms with Crippen LogP contribution in [0, 0.1) is 0 Å². The first-order valence-electron chi connectivity index (χ1n) is 4.80. The largest absolute Gasteiger partial charge is 0.291 e. The van der Waals surface area contributed by atoms with Gasteiger partial charge in [-0.3, -0.25) is 10.1 Å². The number of amides is 1. The molecular weight excluding hydrogens is 284 g/mol. The number of carbonyl (C=O) groups excluding carboxylic acids is 1. The van der Waals surface area contributed by atoms with E-state index in [4.69, 9.17) is 0 Å². The molecule has 0 saturated carbocycles. The van der Waals surface area contributed by atoms with Crippen molar-refractivity contribution in [3.63, 3.8) is 0 Å². The van der Waals surface area contributed by atoms with Gasteiger partial charge in [0.05, 0.1) is 5.69 Å². The molecule has 6 heteroatoms. The van der Waals surface area contributed by atoms with Crippen LogP contribution in [0.4, 0.5) is 5.95 Å². The van der Waals surface area contributed by atoms with Crippen LogP contribution in [0.1, 0.15) is 0 Å². The van der Waals surface area contributed by atoms with Crippen LogP contribution in [-0.2, 0) is 4.79 Å². The number of carbonyl (C=O) groups is 1.